The van der Waals surface area contributed by atoms with Crippen molar-refractivity contribution in [3.8, 4) is 10.6 Å². The summed E-state index contributed by atoms with van der Waals surface area (Å²) in [4.78, 5) is 6.07. The van der Waals surface area contributed by atoms with Crippen LogP contribution >= 0.6 is 11.3 Å². The summed E-state index contributed by atoms with van der Waals surface area (Å²) in [6.07, 6.45) is 2.40. The van der Waals surface area contributed by atoms with Gasteiger partial charge in [0.15, 0.2) is 0 Å². The second-order valence-corrected chi connectivity index (χ2v) is 5.27. The molecule has 0 bridgehead atoms. The molecule has 16 heavy (non-hydrogen) atoms. The lowest BCUT2D eigenvalue weighted by Gasteiger charge is -2.10. The number of anilines is 1. The molecule has 0 aliphatic carbocycles. The van der Waals surface area contributed by atoms with Crippen molar-refractivity contribution in [3.63, 3.8) is 0 Å². The van der Waals surface area contributed by atoms with Gasteiger partial charge in [0.05, 0.1) is 0 Å². The molecule has 1 aliphatic rings. The molecule has 1 aromatic heterocycles. The predicted molar refractivity (Wildman–Crippen MR) is 69.1 cm³/mol. The third-order valence-electron chi connectivity index (χ3n) is 2.84. The van der Waals surface area contributed by atoms with Gasteiger partial charge in [-0.3, -0.25) is 0 Å². The molecule has 0 fully saturated rings. The molecule has 1 N–H and O–H groups in total. The standard InChI is InChI=1S/C13H14N2S/c1-9-4-2-5-10(8-9)13-15-12-11(16-13)6-3-7-14-12/h2,4-5,8,14H,3,6-7H2,1H3. The molecule has 0 atom stereocenters. The van der Waals surface area contributed by atoms with Crippen LogP contribution in [0.4, 0.5) is 5.82 Å². The molecule has 1 aromatic carbocycles. The zero-order valence-electron chi connectivity index (χ0n) is 9.29. The summed E-state index contributed by atoms with van der Waals surface area (Å²) in [6, 6.07) is 8.55. The maximum atomic E-state index is 4.67. The Hall–Kier alpha value is -1.35. The van der Waals surface area contributed by atoms with Crippen LogP contribution in [0.2, 0.25) is 0 Å². The monoisotopic (exact) mass is 230 g/mol. The van der Waals surface area contributed by atoms with Crippen LogP contribution in [0.5, 0.6) is 0 Å². The Balaban J connectivity index is 2.03. The van der Waals surface area contributed by atoms with Crippen LogP contribution in [0.1, 0.15) is 16.9 Å². The molecule has 0 spiro atoms. The van der Waals surface area contributed by atoms with Gasteiger partial charge in [0.2, 0.25) is 0 Å². The van der Waals surface area contributed by atoms with Gasteiger partial charge in [-0.2, -0.15) is 0 Å². The molecule has 2 aromatic rings. The van der Waals surface area contributed by atoms with Crippen molar-refractivity contribution in [2.24, 2.45) is 0 Å². The second kappa shape index (κ2) is 3.91. The number of hydrogen-bond acceptors (Lipinski definition) is 3. The van der Waals surface area contributed by atoms with Crippen molar-refractivity contribution in [3.05, 3.63) is 34.7 Å². The first-order valence-corrected chi connectivity index (χ1v) is 6.45. The Morgan fingerprint density at radius 1 is 1.38 bits per heavy atom. The summed E-state index contributed by atoms with van der Waals surface area (Å²) in [5, 5.41) is 4.51. The van der Waals surface area contributed by atoms with Crippen LogP contribution in [0, 0.1) is 6.92 Å². The fourth-order valence-electron chi connectivity index (χ4n) is 2.02. The van der Waals surface area contributed by atoms with E-state index in [1.807, 2.05) is 11.3 Å². The average Bonchev–Trinajstić information content (AvgIpc) is 2.72. The third-order valence-corrected chi connectivity index (χ3v) is 4.00. The SMILES string of the molecule is Cc1cccc(-c2nc3c(s2)CCCN3)c1. The highest BCUT2D eigenvalue weighted by atomic mass is 32.1. The molecule has 3 heteroatoms. The Morgan fingerprint density at radius 3 is 3.12 bits per heavy atom. The first-order valence-electron chi connectivity index (χ1n) is 5.63. The van der Waals surface area contributed by atoms with Crippen LogP contribution in [0.3, 0.4) is 0 Å². The average molecular weight is 230 g/mol. The number of thiazole rings is 1. The molecule has 0 saturated heterocycles. The number of rotatable bonds is 1. The number of nitrogens with zero attached hydrogens (tertiary/aromatic N) is 1. The van der Waals surface area contributed by atoms with Gasteiger partial charge in [-0.25, -0.2) is 4.98 Å². The van der Waals surface area contributed by atoms with E-state index in [1.54, 1.807) is 0 Å². The van der Waals surface area contributed by atoms with Crippen molar-refractivity contribution in [1.29, 1.82) is 0 Å². The summed E-state index contributed by atoms with van der Waals surface area (Å²) >= 11 is 1.82. The number of benzene rings is 1. The summed E-state index contributed by atoms with van der Waals surface area (Å²) in [6.45, 7) is 3.18. The second-order valence-electron chi connectivity index (χ2n) is 4.19. The van der Waals surface area contributed by atoms with E-state index in [-0.39, 0.29) is 0 Å². The van der Waals surface area contributed by atoms with Gasteiger partial charge in [-0.15, -0.1) is 11.3 Å². The number of aromatic nitrogens is 1. The Kier molecular flexibility index (Phi) is 2.40. The van der Waals surface area contributed by atoms with Gasteiger partial charge in [0.25, 0.3) is 0 Å². The van der Waals surface area contributed by atoms with Gasteiger partial charge in [0, 0.05) is 17.0 Å². The minimum Gasteiger partial charge on any atom is -0.369 e. The largest absolute Gasteiger partial charge is 0.369 e. The topological polar surface area (TPSA) is 24.9 Å². The molecule has 0 unspecified atom stereocenters. The minimum atomic E-state index is 1.06. The normalized spacial score (nSPS) is 14.3. The molecule has 0 radical (unpaired) electrons. The number of nitrogens with one attached hydrogen (secondary N) is 1. The highest BCUT2D eigenvalue weighted by Gasteiger charge is 2.15. The molecular weight excluding hydrogens is 216 g/mol. The smallest absolute Gasteiger partial charge is 0.140 e. The fourth-order valence-corrected chi connectivity index (χ4v) is 3.09. The molecule has 2 nitrogen and oxygen atoms in total. The van der Waals surface area contributed by atoms with Gasteiger partial charge < -0.3 is 5.32 Å². The molecule has 2 heterocycles. The van der Waals surface area contributed by atoms with Gasteiger partial charge in [0.1, 0.15) is 10.8 Å². The maximum Gasteiger partial charge on any atom is 0.140 e. The van der Waals surface area contributed by atoms with E-state index in [0.29, 0.717) is 0 Å². The highest BCUT2D eigenvalue weighted by Crippen LogP contribution is 2.33. The van der Waals surface area contributed by atoms with Gasteiger partial charge >= 0.3 is 0 Å². The van der Waals surface area contributed by atoms with E-state index >= 15 is 0 Å². The van der Waals surface area contributed by atoms with E-state index in [2.05, 4.69) is 41.5 Å². The van der Waals surface area contributed by atoms with E-state index in [4.69, 9.17) is 0 Å². The lowest BCUT2D eigenvalue weighted by atomic mass is 10.1. The van der Waals surface area contributed by atoms with E-state index in [9.17, 15) is 0 Å². The zero-order chi connectivity index (χ0) is 11.0. The van der Waals surface area contributed by atoms with Crippen LogP contribution in [-0.4, -0.2) is 11.5 Å². The predicted octanol–water partition coefficient (Wildman–Crippen LogP) is 3.48. The number of aryl methyl sites for hydroxylation is 2. The highest BCUT2D eigenvalue weighted by molar-refractivity contribution is 7.15. The Labute approximate surface area is 99.4 Å². The lowest BCUT2D eigenvalue weighted by molar-refractivity contribution is 0.837. The number of fused-ring (bicyclic) bond motifs is 1. The van der Waals surface area contributed by atoms with Crippen molar-refractivity contribution in [1.82, 2.24) is 4.98 Å². The molecule has 82 valence electrons. The molecule has 0 saturated carbocycles. The third kappa shape index (κ3) is 1.71. The van der Waals surface area contributed by atoms with Crippen molar-refractivity contribution >= 4 is 17.2 Å². The first kappa shape index (κ1) is 9.85. The summed E-state index contributed by atoms with van der Waals surface area (Å²) in [5.41, 5.74) is 2.53. The van der Waals surface area contributed by atoms with Crippen LogP contribution in [0.15, 0.2) is 24.3 Å². The first-order chi connectivity index (χ1) is 7.83. The van der Waals surface area contributed by atoms with Crippen LogP contribution in [0.25, 0.3) is 10.6 Å². The number of hydrogen-bond donors (Lipinski definition) is 1. The van der Waals surface area contributed by atoms with Crippen molar-refractivity contribution < 1.29 is 0 Å². The van der Waals surface area contributed by atoms with E-state index in [0.717, 1.165) is 17.4 Å². The molecule has 1 aliphatic heterocycles. The van der Waals surface area contributed by atoms with E-state index < -0.39 is 0 Å². The maximum absolute atomic E-state index is 4.67. The fraction of sp³-hybridized carbons (Fsp3) is 0.308. The molecule has 0 amide bonds. The summed E-state index contributed by atoms with van der Waals surface area (Å²) in [5.74, 6) is 1.10. The summed E-state index contributed by atoms with van der Waals surface area (Å²) < 4.78 is 0. The van der Waals surface area contributed by atoms with Crippen molar-refractivity contribution in [2.45, 2.75) is 19.8 Å². The Morgan fingerprint density at radius 2 is 2.31 bits per heavy atom. The lowest BCUT2D eigenvalue weighted by Crippen LogP contribution is -2.09. The van der Waals surface area contributed by atoms with Crippen molar-refractivity contribution in [2.75, 3.05) is 11.9 Å². The quantitative estimate of drug-likeness (QED) is 0.811. The summed E-state index contributed by atoms with van der Waals surface area (Å²) in [7, 11) is 0. The van der Waals surface area contributed by atoms with Crippen LogP contribution in [-0.2, 0) is 6.42 Å². The van der Waals surface area contributed by atoms with E-state index in [1.165, 1.54) is 28.8 Å². The van der Waals surface area contributed by atoms with Gasteiger partial charge in [-0.1, -0.05) is 23.8 Å². The minimum absolute atomic E-state index is 1.06. The zero-order valence-corrected chi connectivity index (χ0v) is 10.1. The van der Waals surface area contributed by atoms with Crippen LogP contribution < -0.4 is 5.32 Å². The Bertz CT molecular complexity index is 493. The molecule has 3 rings (SSSR count). The van der Waals surface area contributed by atoms with Gasteiger partial charge in [-0.05, 0) is 25.8 Å². The molecular formula is C13H14N2S.